The van der Waals surface area contributed by atoms with Crippen LogP contribution in [0.15, 0.2) is 24.3 Å². The molecule has 0 radical (unpaired) electrons. The lowest BCUT2D eigenvalue weighted by atomic mass is 10.1. The van der Waals surface area contributed by atoms with Crippen LogP contribution in [0.2, 0.25) is 0 Å². The Kier molecular flexibility index (Phi) is 5.34. The molecule has 148 valence electrons. The zero-order valence-electron chi connectivity index (χ0n) is 16.0. The summed E-state index contributed by atoms with van der Waals surface area (Å²) in [6, 6.07) is 6.39. The predicted octanol–water partition coefficient (Wildman–Crippen LogP) is 2.29. The fourth-order valence-corrected chi connectivity index (χ4v) is 3.48. The van der Waals surface area contributed by atoms with E-state index in [2.05, 4.69) is 9.88 Å². The van der Waals surface area contributed by atoms with Crippen molar-refractivity contribution in [1.82, 2.24) is 9.88 Å². The molecular formula is C19H22N4O5. The second-order valence-electron chi connectivity index (χ2n) is 6.67. The molecule has 0 aliphatic carbocycles. The predicted molar refractivity (Wildman–Crippen MR) is 103 cm³/mol. The number of carbonyl (C=O) groups excluding carboxylic acids is 2. The minimum Gasteiger partial charge on any atom is -0.465 e. The van der Waals surface area contributed by atoms with E-state index in [1.807, 2.05) is 0 Å². The first kappa shape index (κ1) is 19.4. The first-order chi connectivity index (χ1) is 13.3. The van der Waals surface area contributed by atoms with E-state index in [-0.39, 0.29) is 11.6 Å². The summed E-state index contributed by atoms with van der Waals surface area (Å²) in [6.45, 7) is 5.73. The maximum atomic E-state index is 12.9. The van der Waals surface area contributed by atoms with Gasteiger partial charge in [0, 0.05) is 49.7 Å². The van der Waals surface area contributed by atoms with E-state index >= 15 is 0 Å². The summed E-state index contributed by atoms with van der Waals surface area (Å²) in [5, 5.41) is 10.8. The minimum atomic E-state index is -0.465. The van der Waals surface area contributed by atoms with Gasteiger partial charge >= 0.3 is 5.97 Å². The molecule has 2 heterocycles. The summed E-state index contributed by atoms with van der Waals surface area (Å²) in [6.07, 6.45) is 0. The van der Waals surface area contributed by atoms with Crippen molar-refractivity contribution >= 4 is 23.3 Å². The van der Waals surface area contributed by atoms with Crippen molar-refractivity contribution in [3.63, 3.8) is 0 Å². The monoisotopic (exact) mass is 386 g/mol. The molecule has 2 aromatic rings. The molecule has 9 heteroatoms. The number of carbonyl (C=O) groups is 2. The Hall–Kier alpha value is -3.36. The van der Waals surface area contributed by atoms with Crippen LogP contribution in [0.5, 0.6) is 0 Å². The zero-order valence-corrected chi connectivity index (χ0v) is 16.0. The Balaban J connectivity index is 1.69. The number of nitro groups is 1. The van der Waals surface area contributed by atoms with E-state index in [4.69, 9.17) is 4.74 Å². The third-order valence-corrected chi connectivity index (χ3v) is 5.03. The number of nitrogens with zero attached hydrogens (tertiary/aromatic N) is 3. The van der Waals surface area contributed by atoms with Crippen LogP contribution < -0.4 is 4.90 Å². The summed E-state index contributed by atoms with van der Waals surface area (Å²) < 4.78 is 4.79. The molecule has 28 heavy (non-hydrogen) atoms. The molecule has 1 aromatic carbocycles. The Labute approximate surface area is 162 Å². The van der Waals surface area contributed by atoms with Crippen LogP contribution in [0.1, 0.15) is 32.1 Å². The molecular weight excluding hydrogens is 364 g/mol. The number of anilines is 1. The molecule has 1 N–H and O–H groups in total. The number of aromatic nitrogens is 1. The van der Waals surface area contributed by atoms with Gasteiger partial charge in [-0.2, -0.15) is 0 Å². The van der Waals surface area contributed by atoms with Gasteiger partial charge in [-0.05, 0) is 31.5 Å². The Morgan fingerprint density at radius 1 is 1.11 bits per heavy atom. The van der Waals surface area contributed by atoms with E-state index in [0.717, 1.165) is 5.69 Å². The summed E-state index contributed by atoms with van der Waals surface area (Å²) in [5.41, 5.74) is 2.94. The topological polar surface area (TPSA) is 109 Å². The molecule has 0 saturated carbocycles. The van der Waals surface area contributed by atoms with E-state index in [1.165, 1.54) is 19.2 Å². The number of rotatable bonds is 4. The molecule has 1 aliphatic heterocycles. The number of methoxy groups -OCH3 is 1. The number of nitro benzene ring substituents is 1. The minimum absolute atomic E-state index is 0.0524. The summed E-state index contributed by atoms with van der Waals surface area (Å²) >= 11 is 0. The molecule has 9 nitrogen and oxygen atoms in total. The largest absolute Gasteiger partial charge is 0.465 e. The van der Waals surface area contributed by atoms with Gasteiger partial charge in [0.15, 0.2) is 0 Å². The number of piperazine rings is 1. The number of aromatic amines is 1. The summed E-state index contributed by atoms with van der Waals surface area (Å²) in [7, 11) is 1.31. The third-order valence-electron chi connectivity index (χ3n) is 5.03. The second-order valence-corrected chi connectivity index (χ2v) is 6.67. The molecule has 1 aromatic heterocycles. The lowest BCUT2D eigenvalue weighted by molar-refractivity contribution is -0.384. The van der Waals surface area contributed by atoms with Gasteiger partial charge in [0.05, 0.1) is 17.6 Å². The van der Waals surface area contributed by atoms with Gasteiger partial charge in [0.25, 0.3) is 11.6 Å². The highest BCUT2D eigenvalue weighted by Crippen LogP contribution is 2.23. The molecule has 1 amide bonds. The third kappa shape index (κ3) is 3.55. The van der Waals surface area contributed by atoms with Crippen LogP contribution in [0.4, 0.5) is 11.4 Å². The molecule has 1 fully saturated rings. The Morgan fingerprint density at radius 3 is 2.25 bits per heavy atom. The fourth-order valence-electron chi connectivity index (χ4n) is 3.48. The fraction of sp³-hybridized carbons (Fsp3) is 0.368. The van der Waals surface area contributed by atoms with Gasteiger partial charge in [-0.15, -0.1) is 0 Å². The Morgan fingerprint density at radius 2 is 1.71 bits per heavy atom. The second kappa shape index (κ2) is 7.71. The van der Waals surface area contributed by atoms with Crippen LogP contribution in [0.25, 0.3) is 0 Å². The van der Waals surface area contributed by atoms with Crippen LogP contribution in [0.3, 0.4) is 0 Å². The van der Waals surface area contributed by atoms with E-state index in [9.17, 15) is 19.7 Å². The molecule has 3 rings (SSSR count). The number of hydrogen-bond donors (Lipinski definition) is 1. The lowest BCUT2D eigenvalue weighted by Gasteiger charge is -2.36. The van der Waals surface area contributed by atoms with Gasteiger partial charge in [-0.3, -0.25) is 14.9 Å². The first-order valence-corrected chi connectivity index (χ1v) is 8.89. The number of esters is 1. The number of nitrogens with one attached hydrogen (secondary N) is 1. The molecule has 0 atom stereocenters. The van der Waals surface area contributed by atoms with Gasteiger partial charge in [-0.25, -0.2) is 4.79 Å². The molecule has 0 spiro atoms. The van der Waals surface area contributed by atoms with Crippen molar-refractivity contribution in [1.29, 1.82) is 0 Å². The van der Waals surface area contributed by atoms with Crippen molar-refractivity contribution < 1.29 is 19.2 Å². The average molecular weight is 386 g/mol. The van der Waals surface area contributed by atoms with Gasteiger partial charge in [-0.1, -0.05) is 0 Å². The van der Waals surface area contributed by atoms with E-state index in [1.54, 1.807) is 30.9 Å². The number of aryl methyl sites for hydroxylation is 1. The van der Waals surface area contributed by atoms with Crippen molar-refractivity contribution in [2.75, 3.05) is 38.2 Å². The van der Waals surface area contributed by atoms with Crippen molar-refractivity contribution in [2.45, 2.75) is 13.8 Å². The standard InChI is InChI=1S/C19H22N4O5/c1-12-16(19(25)28-3)13(2)20-17(12)18(24)22-10-8-21(9-11-22)14-4-6-15(7-5-14)23(26)27/h4-7,20H,8-11H2,1-3H3. The summed E-state index contributed by atoms with van der Waals surface area (Å²) in [5.74, 6) is -0.618. The highest BCUT2D eigenvalue weighted by Gasteiger charge is 2.28. The number of H-pyrrole nitrogens is 1. The number of benzene rings is 1. The highest BCUT2D eigenvalue weighted by molar-refractivity contribution is 6.00. The lowest BCUT2D eigenvalue weighted by Crippen LogP contribution is -2.49. The highest BCUT2D eigenvalue weighted by atomic mass is 16.6. The van der Waals surface area contributed by atoms with Gasteiger partial charge < -0.3 is 19.5 Å². The van der Waals surface area contributed by atoms with Crippen molar-refractivity contribution in [2.24, 2.45) is 0 Å². The normalized spacial score (nSPS) is 14.1. The van der Waals surface area contributed by atoms with Crippen molar-refractivity contribution in [3.8, 4) is 0 Å². The quantitative estimate of drug-likeness (QED) is 0.491. The number of amides is 1. The number of non-ortho nitro benzene ring substituents is 1. The van der Waals surface area contributed by atoms with Crippen LogP contribution in [-0.4, -0.2) is 60.0 Å². The van der Waals surface area contributed by atoms with Gasteiger partial charge in [0.1, 0.15) is 5.69 Å². The molecule has 0 unspecified atom stereocenters. The summed E-state index contributed by atoms with van der Waals surface area (Å²) in [4.78, 5) is 42.0. The molecule has 1 saturated heterocycles. The Bertz CT molecular complexity index is 911. The number of ether oxygens (including phenoxy) is 1. The van der Waals surface area contributed by atoms with Crippen LogP contribution >= 0.6 is 0 Å². The van der Waals surface area contributed by atoms with E-state index < -0.39 is 10.9 Å². The van der Waals surface area contributed by atoms with E-state index in [0.29, 0.717) is 48.7 Å². The average Bonchev–Trinajstić information content (AvgIpc) is 3.01. The smallest absolute Gasteiger partial charge is 0.339 e. The van der Waals surface area contributed by atoms with Gasteiger partial charge in [0.2, 0.25) is 0 Å². The van der Waals surface area contributed by atoms with Crippen LogP contribution in [0, 0.1) is 24.0 Å². The van der Waals surface area contributed by atoms with Crippen molar-refractivity contribution in [3.05, 3.63) is 56.9 Å². The van der Waals surface area contributed by atoms with Crippen LogP contribution in [-0.2, 0) is 4.74 Å². The maximum absolute atomic E-state index is 12.9. The zero-order chi connectivity index (χ0) is 20.4. The maximum Gasteiger partial charge on any atom is 0.339 e. The molecule has 1 aliphatic rings. The first-order valence-electron chi connectivity index (χ1n) is 8.89. The SMILES string of the molecule is COC(=O)c1c(C)[nH]c(C(=O)N2CCN(c3ccc([N+](=O)[O-])cc3)CC2)c1C. The number of hydrogen-bond acceptors (Lipinski definition) is 6. The molecule has 0 bridgehead atoms.